The first-order chi connectivity index (χ1) is 13.1. The molecule has 0 spiro atoms. The van der Waals surface area contributed by atoms with Crippen molar-refractivity contribution < 1.29 is 4.39 Å². The van der Waals surface area contributed by atoms with Crippen LogP contribution in [-0.2, 0) is 6.42 Å². The molecule has 0 aliphatic heterocycles. The van der Waals surface area contributed by atoms with Crippen LogP contribution < -0.4 is 10.0 Å². The van der Waals surface area contributed by atoms with Crippen LogP contribution in [0.3, 0.4) is 0 Å². The molecule has 3 rings (SSSR count). The highest BCUT2D eigenvalue weighted by atomic mass is 35.5. The third-order valence-electron chi connectivity index (χ3n) is 4.43. The van der Waals surface area contributed by atoms with Crippen LogP contribution in [0.2, 0.25) is 5.02 Å². The third kappa shape index (κ3) is 7.90. The van der Waals surface area contributed by atoms with Gasteiger partial charge in [0, 0.05) is 28.7 Å². The maximum absolute atomic E-state index is 14.4. The summed E-state index contributed by atoms with van der Waals surface area (Å²) >= 11 is 9.07. The van der Waals surface area contributed by atoms with Gasteiger partial charge >= 0.3 is 0 Å². The smallest absolute Gasteiger partial charge is 0.192 e. The Bertz CT molecular complexity index is 677. The summed E-state index contributed by atoms with van der Waals surface area (Å²) in [6.45, 7) is 6.15. The number of anilines is 1. The predicted octanol–water partition coefficient (Wildman–Crippen LogP) is 7.57. The number of rotatable bonds is 7. The van der Waals surface area contributed by atoms with Gasteiger partial charge in [0.05, 0.1) is 4.90 Å². The number of hydrogen-bond acceptors (Lipinski definition) is 5. The van der Waals surface area contributed by atoms with Crippen molar-refractivity contribution >= 4 is 40.0 Å². The maximum Gasteiger partial charge on any atom is 0.192 e. The highest BCUT2D eigenvalue weighted by Gasteiger charge is 2.17. The molecule has 1 atom stereocenters. The van der Waals surface area contributed by atoms with E-state index in [2.05, 4.69) is 21.9 Å². The lowest BCUT2D eigenvalue weighted by molar-refractivity contribution is 0.343. The van der Waals surface area contributed by atoms with E-state index in [-0.39, 0.29) is 19.3 Å². The zero-order chi connectivity index (χ0) is 19.6. The SMILES string of the molecule is C.CC.CC(Cc1cc(F)c(SNc2nccs2)cc1Cl)NC1CCCCC1. The molecule has 7 heteroatoms. The Kier molecular flexibility index (Phi) is 12.1. The number of thiazole rings is 1. The minimum Gasteiger partial charge on any atom is -0.311 e. The van der Waals surface area contributed by atoms with Gasteiger partial charge in [-0.1, -0.05) is 52.1 Å². The molecule has 2 aromatic rings. The van der Waals surface area contributed by atoms with E-state index in [4.69, 9.17) is 11.6 Å². The average molecular weight is 446 g/mol. The quantitative estimate of drug-likeness (QED) is 0.431. The number of benzene rings is 1. The summed E-state index contributed by atoms with van der Waals surface area (Å²) in [4.78, 5) is 4.60. The van der Waals surface area contributed by atoms with Crippen molar-refractivity contribution in [3.8, 4) is 0 Å². The van der Waals surface area contributed by atoms with Gasteiger partial charge in [-0.2, -0.15) is 0 Å². The van der Waals surface area contributed by atoms with Crippen LogP contribution in [0.5, 0.6) is 0 Å². The average Bonchev–Trinajstić information content (AvgIpc) is 3.19. The van der Waals surface area contributed by atoms with Crippen LogP contribution in [0.25, 0.3) is 0 Å². The second-order valence-corrected chi connectivity index (χ2v) is 8.67. The molecule has 1 unspecified atom stereocenters. The summed E-state index contributed by atoms with van der Waals surface area (Å²) in [6, 6.07) is 4.13. The van der Waals surface area contributed by atoms with E-state index in [1.807, 2.05) is 19.2 Å². The summed E-state index contributed by atoms with van der Waals surface area (Å²) in [6.07, 6.45) is 8.88. The molecule has 2 N–H and O–H groups in total. The molecule has 1 aliphatic carbocycles. The van der Waals surface area contributed by atoms with Crippen LogP contribution in [-0.4, -0.2) is 17.1 Å². The van der Waals surface area contributed by atoms with Crippen molar-refractivity contribution in [1.82, 2.24) is 10.3 Å². The topological polar surface area (TPSA) is 37.0 Å². The van der Waals surface area contributed by atoms with Crippen LogP contribution >= 0.6 is 34.9 Å². The number of nitrogens with one attached hydrogen (secondary N) is 2. The fraction of sp³-hybridized carbons (Fsp3) is 0.571. The van der Waals surface area contributed by atoms with Crippen molar-refractivity contribution in [3.63, 3.8) is 0 Å². The Hall–Kier alpha value is -0.820. The molecule has 158 valence electrons. The molecule has 1 aromatic heterocycles. The molecule has 0 amide bonds. The van der Waals surface area contributed by atoms with Gasteiger partial charge in [-0.15, -0.1) is 11.3 Å². The first-order valence-electron chi connectivity index (χ1n) is 9.68. The highest BCUT2D eigenvalue weighted by Crippen LogP contribution is 2.30. The molecule has 1 aromatic carbocycles. The van der Waals surface area contributed by atoms with Crippen LogP contribution in [0.4, 0.5) is 9.52 Å². The zero-order valence-corrected chi connectivity index (χ0v) is 18.6. The van der Waals surface area contributed by atoms with Gasteiger partial charge in [0.25, 0.3) is 0 Å². The van der Waals surface area contributed by atoms with Gasteiger partial charge in [-0.3, -0.25) is 0 Å². The normalized spacial score (nSPS) is 15.2. The Morgan fingerprint density at radius 3 is 2.64 bits per heavy atom. The zero-order valence-electron chi connectivity index (χ0n) is 16.2. The molecule has 0 saturated heterocycles. The van der Waals surface area contributed by atoms with Gasteiger partial charge in [-0.25, -0.2) is 9.37 Å². The minimum atomic E-state index is -0.252. The molecule has 1 fully saturated rings. The molecule has 3 nitrogen and oxygen atoms in total. The minimum absolute atomic E-state index is 0. The summed E-state index contributed by atoms with van der Waals surface area (Å²) in [5.74, 6) is -0.252. The lowest BCUT2D eigenvalue weighted by Gasteiger charge is -2.27. The Morgan fingerprint density at radius 1 is 1.29 bits per heavy atom. The first kappa shape index (κ1) is 25.2. The highest BCUT2D eigenvalue weighted by molar-refractivity contribution is 8.00. The molecule has 1 saturated carbocycles. The van der Waals surface area contributed by atoms with E-state index in [1.54, 1.807) is 18.3 Å². The summed E-state index contributed by atoms with van der Waals surface area (Å²) in [7, 11) is 0. The second-order valence-electron chi connectivity index (χ2n) is 6.52. The van der Waals surface area contributed by atoms with Gasteiger partial charge < -0.3 is 10.0 Å². The lowest BCUT2D eigenvalue weighted by Crippen LogP contribution is -2.39. The molecule has 28 heavy (non-hydrogen) atoms. The number of halogens is 2. The van der Waals surface area contributed by atoms with Crippen LogP contribution in [0.15, 0.2) is 28.6 Å². The second kappa shape index (κ2) is 13.4. The summed E-state index contributed by atoms with van der Waals surface area (Å²) < 4.78 is 17.4. The van der Waals surface area contributed by atoms with E-state index >= 15 is 0 Å². The molecular weight excluding hydrogens is 413 g/mol. The van der Waals surface area contributed by atoms with E-state index in [1.165, 1.54) is 55.4 Å². The Balaban J connectivity index is 0.00000127. The monoisotopic (exact) mass is 445 g/mol. The van der Waals surface area contributed by atoms with Crippen molar-refractivity contribution in [2.75, 3.05) is 4.72 Å². The standard InChI is InChI=1S/C18H23ClFN3S2.C2H6.CH4/c1-12(22-14-5-3-2-4-6-14)9-13-10-16(20)17(11-15(13)19)25-23-18-21-7-8-24-18;1-2;/h7-8,10-12,14,22H,2-6,9H2,1H3,(H,21,23);1-2H3;1H4. The molecular formula is C21H33ClFN3S2. The van der Waals surface area contributed by atoms with Gasteiger partial charge in [-0.05, 0) is 55.8 Å². The van der Waals surface area contributed by atoms with Crippen LogP contribution in [0, 0.1) is 5.82 Å². The fourth-order valence-electron chi connectivity index (χ4n) is 3.24. The lowest BCUT2D eigenvalue weighted by atomic mass is 9.94. The molecule has 0 radical (unpaired) electrons. The first-order valence-corrected chi connectivity index (χ1v) is 11.8. The number of aromatic nitrogens is 1. The third-order valence-corrected chi connectivity index (χ3v) is 6.43. The van der Waals surface area contributed by atoms with Crippen molar-refractivity contribution in [3.05, 3.63) is 40.1 Å². The van der Waals surface area contributed by atoms with E-state index in [9.17, 15) is 4.39 Å². The van der Waals surface area contributed by atoms with Gasteiger partial charge in [0.15, 0.2) is 5.13 Å². The van der Waals surface area contributed by atoms with E-state index < -0.39 is 0 Å². The molecule has 1 heterocycles. The van der Waals surface area contributed by atoms with Crippen molar-refractivity contribution in [2.24, 2.45) is 0 Å². The molecule has 1 aliphatic rings. The van der Waals surface area contributed by atoms with Crippen LogP contribution in [0.1, 0.15) is 65.9 Å². The Morgan fingerprint density at radius 2 is 2.00 bits per heavy atom. The van der Waals surface area contributed by atoms with Crippen molar-refractivity contribution in [1.29, 1.82) is 0 Å². The van der Waals surface area contributed by atoms with Crippen molar-refractivity contribution in [2.45, 2.75) is 83.7 Å². The summed E-state index contributed by atoms with van der Waals surface area (Å²) in [5, 5.41) is 6.90. The molecule has 0 bridgehead atoms. The summed E-state index contributed by atoms with van der Waals surface area (Å²) in [5.41, 5.74) is 0.855. The fourth-order valence-corrected chi connectivity index (χ4v) is 4.82. The van der Waals surface area contributed by atoms with E-state index in [0.29, 0.717) is 16.0 Å². The van der Waals surface area contributed by atoms with Gasteiger partial charge in [0.2, 0.25) is 0 Å². The largest absolute Gasteiger partial charge is 0.311 e. The number of hydrogen-bond donors (Lipinski definition) is 2. The maximum atomic E-state index is 14.4. The predicted molar refractivity (Wildman–Crippen MR) is 124 cm³/mol. The van der Waals surface area contributed by atoms with Gasteiger partial charge in [0.1, 0.15) is 5.82 Å². The Labute approximate surface area is 183 Å². The van der Waals surface area contributed by atoms with E-state index in [0.717, 1.165) is 17.1 Å². The number of nitrogens with zero attached hydrogens (tertiary/aromatic N) is 1.